The molecule has 1 aromatic heterocycles. The summed E-state index contributed by atoms with van der Waals surface area (Å²) in [6.45, 7) is 5.22. The molecule has 0 bridgehead atoms. The van der Waals surface area contributed by atoms with Gasteiger partial charge in [0.1, 0.15) is 5.75 Å². The van der Waals surface area contributed by atoms with Crippen molar-refractivity contribution in [2.45, 2.75) is 19.4 Å². The molecule has 1 aromatic carbocycles. The summed E-state index contributed by atoms with van der Waals surface area (Å²) < 4.78 is 7.09. The monoisotopic (exact) mass is 261 g/mol. The fourth-order valence-electron chi connectivity index (χ4n) is 2.91. The zero-order chi connectivity index (χ0) is 13.4. The van der Waals surface area contributed by atoms with Gasteiger partial charge in [-0.1, -0.05) is 6.92 Å². The second kappa shape index (κ2) is 4.74. The van der Waals surface area contributed by atoms with Gasteiger partial charge in [-0.05, 0) is 25.1 Å². The first kappa shape index (κ1) is 12.3. The molecule has 2 heterocycles. The molecule has 0 radical (unpaired) electrons. The van der Waals surface area contributed by atoms with Crippen LogP contribution in [0.15, 0.2) is 23.0 Å². The van der Waals surface area contributed by atoms with Crippen molar-refractivity contribution in [3.8, 4) is 5.75 Å². The number of nitrogens with zero attached hydrogens (tertiary/aromatic N) is 2. The molecule has 5 heteroatoms. The number of ether oxygens (including phenoxy) is 1. The van der Waals surface area contributed by atoms with E-state index in [1.54, 1.807) is 7.11 Å². The summed E-state index contributed by atoms with van der Waals surface area (Å²) in [7, 11) is 1.63. The van der Waals surface area contributed by atoms with Gasteiger partial charge in [0.2, 0.25) is 0 Å². The molecule has 0 amide bonds. The highest BCUT2D eigenvalue weighted by Crippen LogP contribution is 2.25. The zero-order valence-corrected chi connectivity index (χ0v) is 11.3. The molecule has 102 valence electrons. The lowest BCUT2D eigenvalue weighted by Gasteiger charge is -2.14. The Hall–Kier alpha value is -1.75. The standard InChI is InChI=1S/C14H19N3O2/c1-3-16-7-6-10(9-16)17-13-5-4-11(19-2)8-12(13)15-14(17)18/h4-5,8,10H,3,6-7,9H2,1-2H3,(H,15,18). The highest BCUT2D eigenvalue weighted by atomic mass is 16.5. The third-order valence-electron chi connectivity index (χ3n) is 3.98. The Balaban J connectivity index is 2.04. The Kier molecular flexibility index (Phi) is 3.06. The second-order valence-electron chi connectivity index (χ2n) is 5.02. The molecule has 2 aromatic rings. The quantitative estimate of drug-likeness (QED) is 0.913. The van der Waals surface area contributed by atoms with Crippen molar-refractivity contribution in [2.75, 3.05) is 26.7 Å². The molecule has 1 aliphatic rings. The van der Waals surface area contributed by atoms with Crippen LogP contribution in [-0.4, -0.2) is 41.2 Å². The van der Waals surface area contributed by atoms with Crippen molar-refractivity contribution in [1.82, 2.24) is 14.5 Å². The van der Waals surface area contributed by atoms with Gasteiger partial charge in [-0.3, -0.25) is 4.57 Å². The molecule has 1 saturated heterocycles. The van der Waals surface area contributed by atoms with Crippen LogP contribution in [0.1, 0.15) is 19.4 Å². The molecule has 19 heavy (non-hydrogen) atoms. The first-order valence-electron chi connectivity index (χ1n) is 6.73. The van der Waals surface area contributed by atoms with Crippen LogP contribution in [0, 0.1) is 0 Å². The number of likely N-dealkylation sites (N-methyl/N-ethyl adjacent to an activating group) is 1. The van der Waals surface area contributed by atoms with E-state index in [-0.39, 0.29) is 11.7 Å². The summed E-state index contributed by atoms with van der Waals surface area (Å²) in [6.07, 6.45) is 1.03. The van der Waals surface area contributed by atoms with Gasteiger partial charge in [-0.15, -0.1) is 0 Å². The van der Waals surface area contributed by atoms with Crippen molar-refractivity contribution >= 4 is 11.0 Å². The van der Waals surface area contributed by atoms with Crippen LogP contribution < -0.4 is 10.4 Å². The minimum absolute atomic E-state index is 0.0220. The van der Waals surface area contributed by atoms with E-state index in [1.807, 2.05) is 22.8 Å². The molecule has 0 spiro atoms. The number of hydrogen-bond acceptors (Lipinski definition) is 3. The number of nitrogens with one attached hydrogen (secondary N) is 1. The fourth-order valence-corrected chi connectivity index (χ4v) is 2.91. The fraction of sp³-hybridized carbons (Fsp3) is 0.500. The summed E-state index contributed by atoms with van der Waals surface area (Å²) in [5.41, 5.74) is 1.79. The van der Waals surface area contributed by atoms with Gasteiger partial charge >= 0.3 is 5.69 Å². The van der Waals surface area contributed by atoms with Gasteiger partial charge in [-0.2, -0.15) is 0 Å². The molecular formula is C14H19N3O2. The van der Waals surface area contributed by atoms with E-state index < -0.39 is 0 Å². The molecular weight excluding hydrogens is 242 g/mol. The molecule has 0 saturated carbocycles. The number of rotatable bonds is 3. The predicted octanol–water partition coefficient (Wildman–Crippen LogP) is 1.60. The van der Waals surface area contributed by atoms with Crippen molar-refractivity contribution in [2.24, 2.45) is 0 Å². The van der Waals surface area contributed by atoms with Crippen LogP contribution in [0.4, 0.5) is 0 Å². The maximum Gasteiger partial charge on any atom is 0.326 e. The molecule has 0 aliphatic carbocycles. The smallest absolute Gasteiger partial charge is 0.326 e. The second-order valence-corrected chi connectivity index (χ2v) is 5.02. The average molecular weight is 261 g/mol. The minimum atomic E-state index is -0.0220. The third-order valence-corrected chi connectivity index (χ3v) is 3.98. The van der Waals surface area contributed by atoms with Crippen molar-refractivity contribution in [1.29, 1.82) is 0 Å². The van der Waals surface area contributed by atoms with E-state index >= 15 is 0 Å². The maximum atomic E-state index is 12.2. The minimum Gasteiger partial charge on any atom is -0.497 e. The van der Waals surface area contributed by atoms with E-state index in [9.17, 15) is 4.79 Å². The van der Waals surface area contributed by atoms with E-state index in [0.29, 0.717) is 0 Å². The van der Waals surface area contributed by atoms with Crippen molar-refractivity contribution in [3.05, 3.63) is 28.7 Å². The molecule has 1 aliphatic heterocycles. The van der Waals surface area contributed by atoms with Gasteiger partial charge in [0, 0.05) is 19.2 Å². The topological polar surface area (TPSA) is 50.3 Å². The Bertz CT molecular complexity index is 644. The average Bonchev–Trinajstić information content (AvgIpc) is 3.00. The Morgan fingerprint density at radius 1 is 1.47 bits per heavy atom. The lowest BCUT2D eigenvalue weighted by molar-refractivity contribution is 0.341. The Morgan fingerprint density at radius 3 is 3.00 bits per heavy atom. The van der Waals surface area contributed by atoms with E-state index in [0.717, 1.165) is 42.8 Å². The lowest BCUT2D eigenvalue weighted by Crippen LogP contribution is -2.26. The van der Waals surface area contributed by atoms with Gasteiger partial charge in [-0.25, -0.2) is 4.79 Å². The Morgan fingerprint density at radius 2 is 2.32 bits per heavy atom. The normalized spacial score (nSPS) is 20.2. The van der Waals surface area contributed by atoms with Crippen LogP contribution in [0.2, 0.25) is 0 Å². The lowest BCUT2D eigenvalue weighted by atomic mass is 10.2. The zero-order valence-electron chi connectivity index (χ0n) is 11.3. The van der Waals surface area contributed by atoms with E-state index in [4.69, 9.17) is 4.74 Å². The number of aromatic amines is 1. The Labute approximate surface area is 111 Å². The molecule has 3 rings (SSSR count). The number of fused-ring (bicyclic) bond motifs is 1. The molecule has 1 unspecified atom stereocenters. The maximum absolute atomic E-state index is 12.2. The summed E-state index contributed by atoms with van der Waals surface area (Å²) >= 11 is 0. The van der Waals surface area contributed by atoms with Crippen LogP contribution in [-0.2, 0) is 0 Å². The van der Waals surface area contributed by atoms with Gasteiger partial charge < -0.3 is 14.6 Å². The number of benzene rings is 1. The largest absolute Gasteiger partial charge is 0.497 e. The third kappa shape index (κ3) is 2.04. The molecule has 1 N–H and O–H groups in total. The number of likely N-dealkylation sites (tertiary alicyclic amines) is 1. The molecule has 5 nitrogen and oxygen atoms in total. The number of aromatic nitrogens is 2. The number of H-pyrrole nitrogens is 1. The van der Waals surface area contributed by atoms with Crippen LogP contribution in [0.25, 0.3) is 11.0 Å². The first-order chi connectivity index (χ1) is 9.22. The van der Waals surface area contributed by atoms with Crippen LogP contribution in [0.3, 0.4) is 0 Å². The highest BCUT2D eigenvalue weighted by Gasteiger charge is 2.25. The van der Waals surface area contributed by atoms with Crippen molar-refractivity contribution < 1.29 is 4.74 Å². The molecule has 1 atom stereocenters. The summed E-state index contributed by atoms with van der Waals surface area (Å²) in [6, 6.07) is 6.01. The summed E-state index contributed by atoms with van der Waals surface area (Å²) in [5.74, 6) is 0.766. The first-order valence-corrected chi connectivity index (χ1v) is 6.73. The van der Waals surface area contributed by atoms with Crippen LogP contribution >= 0.6 is 0 Å². The van der Waals surface area contributed by atoms with E-state index in [1.165, 1.54) is 0 Å². The van der Waals surface area contributed by atoms with Crippen LogP contribution in [0.5, 0.6) is 5.75 Å². The summed E-state index contributed by atoms with van der Waals surface area (Å²) in [5, 5.41) is 0. The number of hydrogen-bond donors (Lipinski definition) is 1. The van der Waals surface area contributed by atoms with Gasteiger partial charge in [0.05, 0.1) is 24.2 Å². The number of imidazole rings is 1. The summed E-state index contributed by atoms with van der Waals surface area (Å²) in [4.78, 5) is 17.5. The SMILES string of the molecule is CCN1CCC(n2c(=O)[nH]c3cc(OC)ccc32)C1. The van der Waals surface area contributed by atoms with Gasteiger partial charge in [0.25, 0.3) is 0 Å². The molecule has 1 fully saturated rings. The predicted molar refractivity (Wildman–Crippen MR) is 74.9 cm³/mol. The van der Waals surface area contributed by atoms with E-state index in [2.05, 4.69) is 16.8 Å². The van der Waals surface area contributed by atoms with Gasteiger partial charge in [0.15, 0.2) is 0 Å². The number of methoxy groups -OCH3 is 1. The van der Waals surface area contributed by atoms with Crippen molar-refractivity contribution in [3.63, 3.8) is 0 Å². The highest BCUT2D eigenvalue weighted by molar-refractivity contribution is 5.77.